The van der Waals surface area contributed by atoms with Crippen LogP contribution >= 0.6 is 0 Å². The summed E-state index contributed by atoms with van der Waals surface area (Å²) in [5.41, 5.74) is 8.07. The lowest BCUT2D eigenvalue weighted by Gasteiger charge is -2.32. The van der Waals surface area contributed by atoms with Crippen molar-refractivity contribution in [3.05, 3.63) is 126 Å². The molecule has 0 fully saturated rings. The minimum Gasteiger partial charge on any atom is -0.361 e. The van der Waals surface area contributed by atoms with E-state index in [9.17, 15) is 0 Å². The fraction of sp³-hybridized carbons (Fsp3) is 0.0385. The van der Waals surface area contributed by atoms with Gasteiger partial charge in [-0.3, -0.25) is 4.98 Å². The van der Waals surface area contributed by atoms with E-state index in [1.54, 1.807) is 0 Å². The molecule has 0 amide bonds. The lowest BCUT2D eigenvalue weighted by Crippen LogP contribution is -2.29. The molecular weight excluding hydrogens is 340 g/mol. The second-order valence-corrected chi connectivity index (χ2v) is 7.32. The molecule has 5 aromatic rings. The van der Waals surface area contributed by atoms with Crippen molar-refractivity contribution in [3.8, 4) is 11.1 Å². The fourth-order valence-corrected chi connectivity index (χ4v) is 4.85. The number of pyridine rings is 1. The van der Waals surface area contributed by atoms with Crippen LogP contribution in [0.2, 0.25) is 0 Å². The molecule has 1 aliphatic carbocycles. The van der Waals surface area contributed by atoms with Crippen molar-refractivity contribution >= 4 is 10.9 Å². The summed E-state index contributed by atoms with van der Waals surface area (Å²) in [5, 5.41) is 1.14. The molecule has 3 aromatic carbocycles. The summed E-state index contributed by atoms with van der Waals surface area (Å²) < 4.78 is 0. The standard InChI is InChI=1S/C26H18N2/c1-3-9-19(10-4-1)26(20-11-5-2-6-12-20)22-14-8-7-13-21(22)23-24-18(15-16-27-24)17-28-25(23)26/h1-17,27H. The molecule has 1 aliphatic rings. The number of H-pyrrole nitrogens is 1. The summed E-state index contributed by atoms with van der Waals surface area (Å²) in [7, 11) is 0. The van der Waals surface area contributed by atoms with Gasteiger partial charge in [0.1, 0.15) is 0 Å². The van der Waals surface area contributed by atoms with E-state index in [1.807, 2.05) is 12.4 Å². The fourth-order valence-electron chi connectivity index (χ4n) is 4.85. The van der Waals surface area contributed by atoms with Gasteiger partial charge in [0, 0.05) is 23.3 Å². The number of nitrogens with zero attached hydrogens (tertiary/aromatic N) is 1. The molecule has 132 valence electrons. The molecule has 0 unspecified atom stereocenters. The van der Waals surface area contributed by atoms with Crippen LogP contribution < -0.4 is 0 Å². The number of aromatic amines is 1. The van der Waals surface area contributed by atoms with E-state index >= 15 is 0 Å². The van der Waals surface area contributed by atoms with E-state index in [0.717, 1.165) is 16.6 Å². The normalized spacial score (nSPS) is 14.0. The molecule has 2 aromatic heterocycles. The Bertz CT molecular complexity index is 1260. The van der Waals surface area contributed by atoms with Crippen LogP contribution in [0.4, 0.5) is 0 Å². The number of benzene rings is 3. The first-order chi connectivity index (χ1) is 13.9. The van der Waals surface area contributed by atoms with Gasteiger partial charge >= 0.3 is 0 Å². The summed E-state index contributed by atoms with van der Waals surface area (Å²) in [6.07, 6.45) is 4.00. The number of rotatable bonds is 2. The SMILES string of the molecule is c1ccc(C2(c3ccccc3)c3ccccc3-c3c2ncc2cc[nH]c32)cc1. The summed E-state index contributed by atoms with van der Waals surface area (Å²) in [4.78, 5) is 8.52. The van der Waals surface area contributed by atoms with E-state index < -0.39 is 5.41 Å². The highest BCUT2D eigenvalue weighted by atomic mass is 14.8. The smallest absolute Gasteiger partial charge is 0.0887 e. The summed E-state index contributed by atoms with van der Waals surface area (Å²) in [5.74, 6) is 0. The monoisotopic (exact) mass is 358 g/mol. The topological polar surface area (TPSA) is 28.7 Å². The third-order valence-corrected chi connectivity index (χ3v) is 5.97. The van der Waals surface area contributed by atoms with E-state index in [2.05, 4.69) is 96.0 Å². The van der Waals surface area contributed by atoms with Crippen molar-refractivity contribution in [3.63, 3.8) is 0 Å². The number of hydrogen-bond acceptors (Lipinski definition) is 1. The Morgan fingerprint density at radius 2 is 1.32 bits per heavy atom. The molecule has 0 saturated carbocycles. The lowest BCUT2D eigenvalue weighted by atomic mass is 9.69. The van der Waals surface area contributed by atoms with E-state index in [1.165, 1.54) is 27.8 Å². The minimum absolute atomic E-state index is 0.423. The average Bonchev–Trinajstić information content (AvgIpc) is 3.36. The first-order valence-electron chi connectivity index (χ1n) is 9.58. The molecule has 0 spiro atoms. The lowest BCUT2D eigenvalue weighted by molar-refractivity contribution is 0.739. The third kappa shape index (κ3) is 1.84. The van der Waals surface area contributed by atoms with Gasteiger partial charge in [0.15, 0.2) is 0 Å². The van der Waals surface area contributed by atoms with Crippen LogP contribution in [0.1, 0.15) is 22.4 Å². The van der Waals surface area contributed by atoms with Gasteiger partial charge in [-0.2, -0.15) is 0 Å². The molecule has 28 heavy (non-hydrogen) atoms. The van der Waals surface area contributed by atoms with Gasteiger partial charge in [0.05, 0.1) is 16.6 Å². The minimum atomic E-state index is -0.423. The second kappa shape index (κ2) is 5.67. The van der Waals surface area contributed by atoms with Gasteiger partial charge in [-0.15, -0.1) is 0 Å². The van der Waals surface area contributed by atoms with E-state index in [4.69, 9.17) is 4.98 Å². The molecular formula is C26H18N2. The first-order valence-corrected chi connectivity index (χ1v) is 9.58. The van der Waals surface area contributed by atoms with Crippen LogP contribution in [0.5, 0.6) is 0 Å². The molecule has 0 bridgehead atoms. The molecule has 0 radical (unpaired) electrons. The Hall–Kier alpha value is -3.65. The Balaban J connectivity index is 1.85. The van der Waals surface area contributed by atoms with Crippen LogP contribution in [0.25, 0.3) is 22.0 Å². The largest absolute Gasteiger partial charge is 0.361 e. The zero-order chi connectivity index (χ0) is 18.6. The van der Waals surface area contributed by atoms with Crippen LogP contribution in [0, 0.1) is 0 Å². The summed E-state index contributed by atoms with van der Waals surface area (Å²) >= 11 is 0. The summed E-state index contributed by atoms with van der Waals surface area (Å²) in [6.45, 7) is 0. The molecule has 2 heterocycles. The Morgan fingerprint density at radius 1 is 0.679 bits per heavy atom. The maximum absolute atomic E-state index is 5.06. The second-order valence-electron chi connectivity index (χ2n) is 7.32. The zero-order valence-corrected chi connectivity index (χ0v) is 15.3. The van der Waals surface area contributed by atoms with Crippen LogP contribution in [0.15, 0.2) is 103 Å². The number of hydrogen-bond donors (Lipinski definition) is 1. The number of aromatic nitrogens is 2. The van der Waals surface area contributed by atoms with Crippen LogP contribution in [0.3, 0.4) is 0 Å². The van der Waals surface area contributed by atoms with Gasteiger partial charge in [-0.25, -0.2) is 0 Å². The maximum atomic E-state index is 5.06. The van der Waals surface area contributed by atoms with Crippen LogP contribution in [-0.4, -0.2) is 9.97 Å². The van der Waals surface area contributed by atoms with Crippen molar-refractivity contribution in [1.82, 2.24) is 9.97 Å². The molecule has 2 nitrogen and oxygen atoms in total. The number of fused-ring (bicyclic) bond motifs is 5. The van der Waals surface area contributed by atoms with E-state index in [-0.39, 0.29) is 0 Å². The van der Waals surface area contributed by atoms with Crippen molar-refractivity contribution < 1.29 is 0 Å². The number of nitrogens with one attached hydrogen (secondary N) is 1. The van der Waals surface area contributed by atoms with Gasteiger partial charge in [-0.05, 0) is 28.3 Å². The van der Waals surface area contributed by atoms with Crippen molar-refractivity contribution in [1.29, 1.82) is 0 Å². The predicted molar refractivity (Wildman–Crippen MR) is 113 cm³/mol. The highest BCUT2D eigenvalue weighted by Gasteiger charge is 2.48. The Morgan fingerprint density at radius 3 is 2.04 bits per heavy atom. The molecule has 2 heteroatoms. The highest BCUT2D eigenvalue weighted by molar-refractivity contribution is 6.00. The zero-order valence-electron chi connectivity index (χ0n) is 15.3. The molecule has 0 saturated heterocycles. The molecule has 1 N–H and O–H groups in total. The van der Waals surface area contributed by atoms with Gasteiger partial charge in [0.25, 0.3) is 0 Å². The third-order valence-electron chi connectivity index (χ3n) is 5.97. The van der Waals surface area contributed by atoms with Gasteiger partial charge in [0.2, 0.25) is 0 Å². The van der Waals surface area contributed by atoms with Crippen molar-refractivity contribution in [2.45, 2.75) is 5.41 Å². The average molecular weight is 358 g/mol. The Labute approximate surface area is 163 Å². The predicted octanol–water partition coefficient (Wildman–Crippen LogP) is 5.93. The van der Waals surface area contributed by atoms with Crippen molar-refractivity contribution in [2.75, 3.05) is 0 Å². The molecule has 6 rings (SSSR count). The molecule has 0 atom stereocenters. The Kier molecular flexibility index (Phi) is 3.12. The van der Waals surface area contributed by atoms with Crippen molar-refractivity contribution in [2.24, 2.45) is 0 Å². The van der Waals surface area contributed by atoms with Crippen LogP contribution in [-0.2, 0) is 5.41 Å². The van der Waals surface area contributed by atoms with E-state index in [0.29, 0.717) is 0 Å². The molecule has 0 aliphatic heterocycles. The summed E-state index contributed by atoms with van der Waals surface area (Å²) in [6, 6.07) is 32.3. The van der Waals surface area contributed by atoms with Gasteiger partial charge < -0.3 is 4.98 Å². The maximum Gasteiger partial charge on any atom is 0.0887 e. The highest BCUT2D eigenvalue weighted by Crippen LogP contribution is 2.56. The first kappa shape index (κ1) is 15.4. The van der Waals surface area contributed by atoms with Gasteiger partial charge in [-0.1, -0.05) is 84.9 Å². The quantitative estimate of drug-likeness (QED) is 0.408.